The van der Waals surface area contributed by atoms with E-state index in [0.29, 0.717) is 75.7 Å². The number of ether oxygens (including phenoxy) is 1. The Morgan fingerprint density at radius 1 is 0.590 bits per heavy atom. The van der Waals surface area contributed by atoms with Crippen LogP contribution in [0.4, 0.5) is 0 Å². The van der Waals surface area contributed by atoms with Crippen molar-refractivity contribution in [3.05, 3.63) is 90.3 Å². The number of carbonyl (C=O) groups excluding carboxylic acids is 3. The number of morpholine rings is 1. The fraction of sp³-hybridized carbons (Fsp3) is 0.538. The summed E-state index contributed by atoms with van der Waals surface area (Å²) < 4.78 is 105. The number of carbonyl (C=O) groups is 3. The van der Waals surface area contributed by atoms with Crippen molar-refractivity contribution in [1.82, 2.24) is 14.7 Å². The smallest absolute Gasteiger partial charge is 0.260 e. The Morgan fingerprint density at radius 2 is 0.934 bits per heavy atom. The predicted octanol–water partition coefficient (Wildman–Crippen LogP) is -0.0814. The molecule has 5 rings (SSSR count). The highest BCUT2D eigenvalue weighted by atomic mass is 32.2. The number of amides is 3. The average molecular weight is 913 g/mol. The Bertz CT molecular complexity index is 2140. The van der Waals surface area contributed by atoms with E-state index < -0.39 is 41.9 Å². The predicted molar refractivity (Wildman–Crippen MR) is 217 cm³/mol. The Morgan fingerprint density at radius 3 is 1.30 bits per heavy atom. The molecule has 0 bridgehead atoms. The average Bonchev–Trinajstić information content (AvgIpc) is 3.76. The van der Waals surface area contributed by atoms with Gasteiger partial charge in [0.05, 0.1) is 43.6 Å². The van der Waals surface area contributed by atoms with Gasteiger partial charge in [-0.3, -0.25) is 14.4 Å². The Labute approximate surface area is 358 Å². The number of nitrogens with zero attached hydrogens (tertiary/aromatic N) is 6. The maximum absolute atomic E-state index is 12.3. The van der Waals surface area contributed by atoms with Crippen LogP contribution in [0.15, 0.2) is 73.6 Å². The maximum Gasteiger partial charge on any atom is 0.260 e. The van der Waals surface area contributed by atoms with Crippen molar-refractivity contribution in [3.8, 4) is 0 Å². The molecule has 61 heavy (non-hydrogen) atoms. The van der Waals surface area contributed by atoms with Crippen LogP contribution in [0.25, 0.3) is 0 Å². The third-order valence-electron chi connectivity index (χ3n) is 9.49. The molecule has 3 amide bonds. The largest absolute Gasteiger partial charge is 0.748 e. The summed E-state index contributed by atoms with van der Waals surface area (Å²) >= 11 is 0. The van der Waals surface area contributed by atoms with Gasteiger partial charge in [-0.25, -0.2) is 39.0 Å². The van der Waals surface area contributed by atoms with Gasteiger partial charge >= 0.3 is 0 Å². The van der Waals surface area contributed by atoms with Crippen LogP contribution in [0.2, 0.25) is 0 Å². The molecule has 3 aromatic rings. The van der Waals surface area contributed by atoms with Crippen molar-refractivity contribution < 1.29 is 71.7 Å². The number of aromatic nitrogens is 3. The van der Waals surface area contributed by atoms with Crippen molar-refractivity contribution in [2.75, 3.05) is 69.7 Å². The first-order valence-corrected chi connectivity index (χ1v) is 24.8. The first kappa shape index (κ1) is 50.9. The molecule has 0 N–H and O–H groups in total. The molecular formula is C39H56N6O13S3. The Hall–Kier alpha value is -4.45. The number of aryl methyl sites for hydroxylation is 3. The molecule has 0 radical (unpaired) electrons. The zero-order valence-electron chi connectivity index (χ0n) is 34.6. The quantitative estimate of drug-likeness (QED) is 0.127. The minimum absolute atomic E-state index is 0.00768. The minimum Gasteiger partial charge on any atom is -0.748 e. The number of rotatable bonds is 17. The molecule has 0 aromatic carbocycles. The zero-order valence-corrected chi connectivity index (χ0v) is 37.0. The molecule has 0 unspecified atom stereocenters. The van der Waals surface area contributed by atoms with E-state index in [1.807, 2.05) is 18.7 Å². The first-order chi connectivity index (χ1) is 28.8. The molecule has 0 atom stereocenters. The van der Waals surface area contributed by atoms with E-state index in [-0.39, 0.29) is 42.7 Å². The molecule has 2 aliphatic rings. The van der Waals surface area contributed by atoms with Gasteiger partial charge in [-0.15, -0.1) is 0 Å². The highest BCUT2D eigenvalue weighted by Gasteiger charge is 2.22. The van der Waals surface area contributed by atoms with Crippen LogP contribution in [-0.2, 0) is 54.7 Å². The van der Waals surface area contributed by atoms with E-state index in [0.717, 1.165) is 25.9 Å². The van der Waals surface area contributed by atoms with Gasteiger partial charge in [0.1, 0.15) is 36.3 Å². The van der Waals surface area contributed by atoms with Gasteiger partial charge in [0.25, 0.3) is 17.7 Å². The topological polar surface area (TPSA) is 253 Å². The van der Waals surface area contributed by atoms with Gasteiger partial charge in [0, 0.05) is 94.0 Å². The summed E-state index contributed by atoms with van der Waals surface area (Å²) in [5, 5.41) is 0. The fourth-order valence-electron chi connectivity index (χ4n) is 6.38. The molecule has 0 saturated carbocycles. The van der Waals surface area contributed by atoms with Gasteiger partial charge in [0.15, 0.2) is 37.2 Å². The lowest BCUT2D eigenvalue weighted by Crippen LogP contribution is -2.42. The molecule has 19 nitrogen and oxygen atoms in total. The summed E-state index contributed by atoms with van der Waals surface area (Å²) in [4.78, 5) is 41.9. The van der Waals surface area contributed by atoms with Crippen LogP contribution in [-0.4, -0.2) is 141 Å². The van der Waals surface area contributed by atoms with Crippen LogP contribution < -0.4 is 13.7 Å². The molecular weight excluding hydrogens is 857 g/mol. The first-order valence-electron chi connectivity index (χ1n) is 20.0. The van der Waals surface area contributed by atoms with E-state index in [4.69, 9.17) is 4.74 Å². The SMILES string of the molecule is CCN(CC)C(=O)c1ccc[n+](CCCS(=O)(=O)[O-])c1.O=C(c1ccc[n+](CCCS(=O)(=O)[O-])c1)N1CCCC1.O=C(c1ccc[n+](CCCS(=O)(=O)[O-])c1)N1CCOCC1. The number of likely N-dealkylation sites (tertiary alicyclic amines) is 1. The van der Waals surface area contributed by atoms with Crippen molar-refractivity contribution in [1.29, 1.82) is 0 Å². The molecule has 0 aliphatic carbocycles. The van der Waals surface area contributed by atoms with Crippen molar-refractivity contribution in [2.45, 2.75) is 65.6 Å². The molecule has 2 fully saturated rings. The van der Waals surface area contributed by atoms with E-state index in [9.17, 15) is 53.3 Å². The molecule has 5 heterocycles. The molecule has 338 valence electrons. The van der Waals surface area contributed by atoms with Crippen LogP contribution in [0.5, 0.6) is 0 Å². The summed E-state index contributed by atoms with van der Waals surface area (Å²) in [6.07, 6.45) is 13.1. The second-order valence-electron chi connectivity index (χ2n) is 14.2. The molecule has 22 heteroatoms. The normalized spacial score (nSPS) is 14.3. The Balaban J connectivity index is 0.000000244. The van der Waals surface area contributed by atoms with Gasteiger partial charge in [-0.05, 0) is 44.9 Å². The van der Waals surface area contributed by atoms with Crippen molar-refractivity contribution >= 4 is 48.1 Å². The summed E-state index contributed by atoms with van der Waals surface area (Å²) in [7, 11) is -12.5. The highest BCUT2D eigenvalue weighted by molar-refractivity contribution is 7.86. The lowest BCUT2D eigenvalue weighted by Gasteiger charge is -2.26. The standard InChI is InChI=1S/C13H18N2O5S.C13H18N2O4S.C13H20N2O4S/c16-13(15-6-8-20-9-7-15)12-3-1-4-14(11-12)5-2-10-21(17,18)19;16-13(15-8-1-2-9-15)12-5-3-6-14(11-12)7-4-10-20(17,18)19;1-3-15(4-2)13(16)12-7-5-8-14(11-12)9-6-10-20(17,18)19/h1,3-4,11H,2,5-10H2;3,5-6,11H,1-2,4,7-10H2;5,7-8,11H,3-4,6,9-10H2,1-2H3. The van der Waals surface area contributed by atoms with E-state index in [1.54, 1.807) is 97.1 Å². The minimum atomic E-state index is -4.19. The number of pyridine rings is 3. The molecule has 2 saturated heterocycles. The second-order valence-corrected chi connectivity index (χ2v) is 18.8. The molecule has 2 aliphatic heterocycles. The lowest BCUT2D eigenvalue weighted by atomic mass is 10.2. The van der Waals surface area contributed by atoms with E-state index in [1.165, 1.54) is 0 Å². The third kappa shape index (κ3) is 19.9. The fourth-order valence-corrected chi connectivity index (χ4v) is 7.83. The van der Waals surface area contributed by atoms with Crippen molar-refractivity contribution in [3.63, 3.8) is 0 Å². The van der Waals surface area contributed by atoms with Crippen LogP contribution >= 0.6 is 0 Å². The van der Waals surface area contributed by atoms with E-state index in [2.05, 4.69) is 0 Å². The number of hydrogen-bond donors (Lipinski definition) is 0. The van der Waals surface area contributed by atoms with Gasteiger partial charge in [-0.1, -0.05) is 0 Å². The zero-order chi connectivity index (χ0) is 45.1. The number of hydrogen-bond acceptors (Lipinski definition) is 13. The monoisotopic (exact) mass is 912 g/mol. The third-order valence-corrected chi connectivity index (χ3v) is 11.9. The van der Waals surface area contributed by atoms with Crippen LogP contribution in [0.1, 0.15) is 77.0 Å². The van der Waals surface area contributed by atoms with Gasteiger partial charge in [0.2, 0.25) is 0 Å². The summed E-state index contributed by atoms with van der Waals surface area (Å²) in [5.74, 6) is -1.29. The lowest BCUT2D eigenvalue weighted by molar-refractivity contribution is -0.697. The Kier molecular flexibility index (Phi) is 20.7. The van der Waals surface area contributed by atoms with Gasteiger partial charge in [-0.2, -0.15) is 0 Å². The summed E-state index contributed by atoms with van der Waals surface area (Å²) in [6.45, 7) is 10.1. The van der Waals surface area contributed by atoms with Crippen LogP contribution in [0.3, 0.4) is 0 Å². The van der Waals surface area contributed by atoms with Crippen molar-refractivity contribution in [2.24, 2.45) is 0 Å². The molecule has 3 aromatic heterocycles. The van der Waals surface area contributed by atoms with Crippen LogP contribution in [0, 0.1) is 0 Å². The second kappa shape index (κ2) is 24.9. The molecule has 0 spiro atoms. The van der Waals surface area contributed by atoms with E-state index >= 15 is 0 Å². The van der Waals surface area contributed by atoms with Gasteiger partial charge < -0.3 is 33.1 Å². The summed E-state index contributed by atoms with van der Waals surface area (Å²) in [6, 6.07) is 10.4. The maximum atomic E-state index is 12.3. The summed E-state index contributed by atoms with van der Waals surface area (Å²) in [5.41, 5.74) is 1.70. The highest BCUT2D eigenvalue weighted by Crippen LogP contribution is 2.12.